The summed E-state index contributed by atoms with van der Waals surface area (Å²) in [5.41, 5.74) is 1.93. The van der Waals surface area contributed by atoms with Crippen LogP contribution in [0.1, 0.15) is 61.8 Å². The zero-order chi connectivity index (χ0) is 12.5. The van der Waals surface area contributed by atoms with Crippen molar-refractivity contribution in [1.29, 1.82) is 0 Å². The van der Waals surface area contributed by atoms with Gasteiger partial charge in [0.05, 0.1) is 0 Å². The van der Waals surface area contributed by atoms with Crippen LogP contribution >= 0.6 is 0 Å². The number of rotatable bonds is 3. The monoisotopic (exact) mass is 210 g/mol. The molecule has 0 heterocycles. The van der Waals surface area contributed by atoms with E-state index in [4.69, 9.17) is 0 Å². The number of hydrogen-bond donors (Lipinski definition) is 0. The summed E-state index contributed by atoms with van der Waals surface area (Å²) in [5, 5.41) is 0. The van der Waals surface area contributed by atoms with Crippen molar-refractivity contribution in [1.82, 2.24) is 0 Å². The Morgan fingerprint density at radius 1 is 1.20 bits per heavy atom. The second-order valence-corrected chi connectivity index (χ2v) is 4.71. The molecule has 0 heteroatoms. The fraction of sp³-hybridized carbons (Fsp3) is 0.733. The van der Waals surface area contributed by atoms with Crippen LogP contribution in [0.15, 0.2) is 23.8 Å². The lowest BCUT2D eigenvalue weighted by atomic mass is 9.76. The molecule has 0 aromatic heterocycles. The summed E-state index contributed by atoms with van der Waals surface area (Å²) in [6.45, 7) is 17.5. The van der Waals surface area contributed by atoms with Crippen molar-refractivity contribution in [3.8, 4) is 0 Å². The van der Waals surface area contributed by atoms with Crippen LogP contribution < -0.4 is 0 Å². The lowest BCUT2D eigenvalue weighted by molar-refractivity contribution is 0.296. The first-order chi connectivity index (χ1) is 6.93. The second kappa shape index (κ2) is 8.76. The lowest BCUT2D eigenvalue weighted by Gasteiger charge is -2.29. The molecule has 0 saturated carbocycles. The Kier molecular flexibility index (Phi) is 9.87. The molecule has 0 nitrogen and oxygen atoms in total. The molecule has 15 heavy (non-hydrogen) atoms. The Morgan fingerprint density at radius 3 is 1.93 bits per heavy atom. The van der Waals surface area contributed by atoms with Crippen molar-refractivity contribution in [2.24, 2.45) is 11.3 Å². The van der Waals surface area contributed by atoms with E-state index in [1.54, 1.807) is 5.57 Å². The standard InChI is InChI=1S/C13H24.C2H6/c1-7-9-10-12(8-2)11(3)13(4,5)6;1-2/h7,9-11H,8H2,1-6H3;1-2H3/b9-7-,12-10+;. The van der Waals surface area contributed by atoms with Gasteiger partial charge in [-0.05, 0) is 24.7 Å². The summed E-state index contributed by atoms with van der Waals surface area (Å²) in [4.78, 5) is 0. The molecule has 0 saturated heterocycles. The number of allylic oxidation sites excluding steroid dienone is 4. The molecule has 0 bridgehead atoms. The van der Waals surface area contributed by atoms with Crippen LogP contribution in [-0.2, 0) is 0 Å². The molecule has 0 aromatic rings. The highest BCUT2D eigenvalue weighted by atomic mass is 14.3. The SMILES string of the molecule is C/C=C\C=C(/CC)C(C)C(C)(C)C.CC. The van der Waals surface area contributed by atoms with E-state index < -0.39 is 0 Å². The van der Waals surface area contributed by atoms with Crippen LogP contribution in [0.3, 0.4) is 0 Å². The van der Waals surface area contributed by atoms with E-state index in [1.807, 2.05) is 13.8 Å². The Balaban J connectivity index is 0. The molecule has 0 spiro atoms. The quantitative estimate of drug-likeness (QED) is 0.531. The summed E-state index contributed by atoms with van der Waals surface area (Å²) in [6, 6.07) is 0. The molecule has 1 atom stereocenters. The fourth-order valence-electron chi connectivity index (χ4n) is 1.34. The fourth-order valence-corrected chi connectivity index (χ4v) is 1.34. The minimum Gasteiger partial charge on any atom is -0.0877 e. The van der Waals surface area contributed by atoms with E-state index >= 15 is 0 Å². The average Bonchev–Trinajstić information content (AvgIpc) is 2.20. The Labute approximate surface area is 97.5 Å². The Hall–Kier alpha value is -0.520. The van der Waals surface area contributed by atoms with E-state index in [0.717, 1.165) is 6.42 Å². The highest BCUT2D eigenvalue weighted by Gasteiger charge is 2.21. The third-order valence-corrected chi connectivity index (χ3v) is 2.77. The summed E-state index contributed by atoms with van der Waals surface area (Å²) in [6.07, 6.45) is 7.64. The van der Waals surface area contributed by atoms with E-state index in [-0.39, 0.29) is 0 Å². The lowest BCUT2D eigenvalue weighted by Crippen LogP contribution is -2.19. The molecule has 0 aromatic carbocycles. The highest BCUT2D eigenvalue weighted by molar-refractivity contribution is 5.15. The summed E-state index contributed by atoms with van der Waals surface area (Å²) < 4.78 is 0. The smallest absolute Gasteiger partial charge is 0.0180 e. The van der Waals surface area contributed by atoms with Crippen LogP contribution in [0.4, 0.5) is 0 Å². The van der Waals surface area contributed by atoms with Gasteiger partial charge < -0.3 is 0 Å². The van der Waals surface area contributed by atoms with Crippen molar-refractivity contribution < 1.29 is 0 Å². The first-order valence-corrected chi connectivity index (χ1v) is 6.25. The van der Waals surface area contributed by atoms with Gasteiger partial charge in [0.15, 0.2) is 0 Å². The van der Waals surface area contributed by atoms with Crippen molar-refractivity contribution in [3.05, 3.63) is 23.8 Å². The van der Waals surface area contributed by atoms with E-state index in [2.05, 4.69) is 59.8 Å². The zero-order valence-electron chi connectivity index (χ0n) is 12.0. The van der Waals surface area contributed by atoms with Gasteiger partial charge in [-0.15, -0.1) is 0 Å². The van der Waals surface area contributed by atoms with Crippen LogP contribution in [0.5, 0.6) is 0 Å². The van der Waals surface area contributed by atoms with E-state index in [9.17, 15) is 0 Å². The van der Waals surface area contributed by atoms with Crippen LogP contribution in [0, 0.1) is 11.3 Å². The molecular formula is C15H30. The van der Waals surface area contributed by atoms with Crippen molar-refractivity contribution >= 4 is 0 Å². The molecule has 0 aliphatic rings. The molecule has 0 aliphatic carbocycles. The van der Waals surface area contributed by atoms with Gasteiger partial charge in [-0.25, -0.2) is 0 Å². The topological polar surface area (TPSA) is 0 Å². The molecule has 0 fully saturated rings. The molecule has 0 amide bonds. The largest absolute Gasteiger partial charge is 0.0877 e. The maximum atomic E-state index is 2.32. The molecule has 0 radical (unpaired) electrons. The van der Waals surface area contributed by atoms with Gasteiger partial charge in [-0.1, -0.05) is 72.3 Å². The van der Waals surface area contributed by atoms with E-state index in [1.165, 1.54) is 0 Å². The van der Waals surface area contributed by atoms with Crippen LogP contribution in [0.25, 0.3) is 0 Å². The van der Waals surface area contributed by atoms with Gasteiger partial charge in [-0.2, -0.15) is 0 Å². The maximum Gasteiger partial charge on any atom is -0.0180 e. The first kappa shape index (κ1) is 16.9. The molecule has 0 N–H and O–H groups in total. The third-order valence-electron chi connectivity index (χ3n) is 2.77. The van der Waals surface area contributed by atoms with Gasteiger partial charge in [0.2, 0.25) is 0 Å². The maximum absolute atomic E-state index is 2.32. The van der Waals surface area contributed by atoms with Gasteiger partial charge in [-0.3, -0.25) is 0 Å². The summed E-state index contributed by atoms with van der Waals surface area (Å²) in [5.74, 6) is 0.661. The predicted octanol–water partition coefficient (Wildman–Crippen LogP) is 5.61. The molecule has 0 rings (SSSR count). The van der Waals surface area contributed by atoms with Crippen LogP contribution in [0.2, 0.25) is 0 Å². The predicted molar refractivity (Wildman–Crippen MR) is 73.2 cm³/mol. The molecule has 0 aliphatic heterocycles. The normalized spacial score (nSPS) is 14.8. The average molecular weight is 210 g/mol. The molecular weight excluding hydrogens is 180 g/mol. The van der Waals surface area contributed by atoms with Gasteiger partial charge >= 0.3 is 0 Å². The minimum atomic E-state index is 0.378. The second-order valence-electron chi connectivity index (χ2n) is 4.71. The van der Waals surface area contributed by atoms with Crippen LogP contribution in [-0.4, -0.2) is 0 Å². The molecule has 90 valence electrons. The Bertz CT molecular complexity index is 189. The first-order valence-electron chi connectivity index (χ1n) is 6.25. The third kappa shape index (κ3) is 7.41. The minimum absolute atomic E-state index is 0.378. The summed E-state index contributed by atoms with van der Waals surface area (Å²) in [7, 11) is 0. The number of hydrogen-bond acceptors (Lipinski definition) is 0. The van der Waals surface area contributed by atoms with Gasteiger partial charge in [0, 0.05) is 0 Å². The zero-order valence-corrected chi connectivity index (χ0v) is 12.0. The van der Waals surface area contributed by atoms with Gasteiger partial charge in [0.25, 0.3) is 0 Å². The van der Waals surface area contributed by atoms with Crippen molar-refractivity contribution in [2.75, 3.05) is 0 Å². The molecule has 1 unspecified atom stereocenters. The van der Waals surface area contributed by atoms with Crippen molar-refractivity contribution in [2.45, 2.75) is 61.8 Å². The summed E-state index contributed by atoms with van der Waals surface area (Å²) >= 11 is 0. The van der Waals surface area contributed by atoms with E-state index in [0.29, 0.717) is 11.3 Å². The van der Waals surface area contributed by atoms with Crippen molar-refractivity contribution in [3.63, 3.8) is 0 Å². The Morgan fingerprint density at radius 2 is 1.67 bits per heavy atom. The highest BCUT2D eigenvalue weighted by Crippen LogP contribution is 2.32. The van der Waals surface area contributed by atoms with Gasteiger partial charge in [0.1, 0.15) is 0 Å².